The quantitative estimate of drug-likeness (QED) is 0.695. The fourth-order valence-electron chi connectivity index (χ4n) is 4.61. The SMILES string of the molecule is CCOC1CCC(C2=CC3CC(C)C(F)C3C2F)CC1. The second kappa shape index (κ2) is 5.75. The van der Waals surface area contributed by atoms with Crippen LogP contribution in [0.1, 0.15) is 46.0 Å². The van der Waals surface area contributed by atoms with Gasteiger partial charge in [0.25, 0.3) is 0 Å². The molecule has 1 nitrogen and oxygen atoms in total. The Balaban J connectivity index is 1.63. The molecule has 5 unspecified atom stereocenters. The van der Waals surface area contributed by atoms with Crippen LogP contribution in [0, 0.1) is 23.7 Å². The van der Waals surface area contributed by atoms with E-state index in [4.69, 9.17) is 4.74 Å². The Labute approximate surface area is 120 Å². The van der Waals surface area contributed by atoms with Crippen LogP contribution >= 0.6 is 0 Å². The summed E-state index contributed by atoms with van der Waals surface area (Å²) < 4.78 is 34.4. The second-order valence-corrected chi connectivity index (χ2v) is 6.90. The molecule has 0 aliphatic heterocycles. The highest BCUT2D eigenvalue weighted by atomic mass is 19.1. The van der Waals surface area contributed by atoms with E-state index in [9.17, 15) is 8.78 Å². The number of allylic oxidation sites excluding steroid dienone is 2. The van der Waals surface area contributed by atoms with E-state index < -0.39 is 12.3 Å². The number of hydrogen-bond acceptors (Lipinski definition) is 1. The van der Waals surface area contributed by atoms with E-state index in [1.165, 1.54) is 0 Å². The molecule has 2 fully saturated rings. The Morgan fingerprint density at radius 2 is 1.90 bits per heavy atom. The molecule has 114 valence electrons. The first kappa shape index (κ1) is 14.5. The lowest BCUT2D eigenvalue weighted by atomic mass is 9.80. The first-order valence-electron chi connectivity index (χ1n) is 8.23. The molecule has 0 radical (unpaired) electrons. The maximum absolute atomic E-state index is 14.7. The summed E-state index contributed by atoms with van der Waals surface area (Å²) in [6.07, 6.45) is 5.33. The van der Waals surface area contributed by atoms with Gasteiger partial charge in [-0.2, -0.15) is 0 Å². The molecule has 0 saturated heterocycles. The molecule has 3 aliphatic carbocycles. The molecule has 0 aromatic rings. The second-order valence-electron chi connectivity index (χ2n) is 6.90. The topological polar surface area (TPSA) is 9.23 Å². The standard InChI is InChI=1S/C17H26F2O/c1-3-20-13-6-4-11(5-7-13)14-9-12-8-10(2)16(18)15(12)17(14)19/h9-13,15-17H,3-8H2,1-2H3. The third kappa shape index (κ3) is 2.43. The van der Waals surface area contributed by atoms with Crippen LogP contribution in [0.3, 0.4) is 0 Å². The predicted octanol–water partition coefficient (Wildman–Crippen LogP) is 4.47. The van der Waals surface area contributed by atoms with E-state index >= 15 is 0 Å². The Kier molecular flexibility index (Phi) is 4.16. The summed E-state index contributed by atoms with van der Waals surface area (Å²) in [7, 11) is 0. The van der Waals surface area contributed by atoms with E-state index in [2.05, 4.69) is 6.08 Å². The van der Waals surface area contributed by atoms with Gasteiger partial charge in [-0.15, -0.1) is 0 Å². The lowest BCUT2D eigenvalue weighted by Gasteiger charge is -2.31. The monoisotopic (exact) mass is 284 g/mol. The lowest BCUT2D eigenvalue weighted by Crippen LogP contribution is -2.29. The fourth-order valence-corrected chi connectivity index (χ4v) is 4.61. The van der Waals surface area contributed by atoms with Crippen LogP contribution in [0.2, 0.25) is 0 Å². The fraction of sp³-hybridized carbons (Fsp3) is 0.882. The van der Waals surface area contributed by atoms with Crippen molar-refractivity contribution in [2.75, 3.05) is 6.61 Å². The van der Waals surface area contributed by atoms with Gasteiger partial charge < -0.3 is 4.74 Å². The molecular formula is C17H26F2O. The third-order valence-electron chi connectivity index (χ3n) is 5.66. The molecule has 3 rings (SSSR count). The van der Waals surface area contributed by atoms with Crippen LogP contribution in [-0.4, -0.2) is 25.1 Å². The van der Waals surface area contributed by atoms with Gasteiger partial charge in [0, 0.05) is 12.5 Å². The van der Waals surface area contributed by atoms with Crippen molar-refractivity contribution < 1.29 is 13.5 Å². The average Bonchev–Trinajstić information content (AvgIpc) is 2.90. The molecule has 20 heavy (non-hydrogen) atoms. The summed E-state index contributed by atoms with van der Waals surface area (Å²) in [6, 6.07) is 0. The summed E-state index contributed by atoms with van der Waals surface area (Å²) in [5.74, 6) is 0.115. The zero-order chi connectivity index (χ0) is 14.3. The highest BCUT2D eigenvalue weighted by Crippen LogP contribution is 2.51. The average molecular weight is 284 g/mol. The summed E-state index contributed by atoms with van der Waals surface area (Å²) in [6.45, 7) is 4.69. The highest BCUT2D eigenvalue weighted by molar-refractivity contribution is 5.26. The largest absolute Gasteiger partial charge is 0.379 e. The van der Waals surface area contributed by atoms with Crippen LogP contribution in [0.25, 0.3) is 0 Å². The van der Waals surface area contributed by atoms with Crippen molar-refractivity contribution in [3.05, 3.63) is 11.6 Å². The summed E-state index contributed by atoms with van der Waals surface area (Å²) in [4.78, 5) is 0. The normalized spacial score (nSPS) is 48.2. The Hall–Kier alpha value is -0.440. The van der Waals surface area contributed by atoms with E-state index in [0.717, 1.165) is 44.3 Å². The van der Waals surface area contributed by atoms with Gasteiger partial charge in [-0.3, -0.25) is 0 Å². The highest BCUT2D eigenvalue weighted by Gasteiger charge is 2.51. The number of ether oxygens (including phenoxy) is 1. The summed E-state index contributed by atoms with van der Waals surface area (Å²) in [5, 5.41) is 0. The van der Waals surface area contributed by atoms with Crippen molar-refractivity contribution in [1.82, 2.24) is 0 Å². The van der Waals surface area contributed by atoms with Crippen LogP contribution in [0.5, 0.6) is 0 Å². The molecule has 0 aromatic heterocycles. The van der Waals surface area contributed by atoms with Crippen molar-refractivity contribution in [3.63, 3.8) is 0 Å². The molecule has 0 spiro atoms. The van der Waals surface area contributed by atoms with Crippen molar-refractivity contribution in [1.29, 1.82) is 0 Å². The molecular weight excluding hydrogens is 258 g/mol. The number of alkyl halides is 2. The van der Waals surface area contributed by atoms with Crippen molar-refractivity contribution in [2.24, 2.45) is 23.7 Å². The van der Waals surface area contributed by atoms with Gasteiger partial charge in [0.2, 0.25) is 0 Å². The van der Waals surface area contributed by atoms with E-state index in [1.54, 1.807) is 0 Å². The maximum Gasteiger partial charge on any atom is 0.128 e. The van der Waals surface area contributed by atoms with Gasteiger partial charge in [-0.05, 0) is 62.4 Å². The molecule has 0 N–H and O–H groups in total. The number of hydrogen-bond donors (Lipinski definition) is 0. The molecule has 0 amide bonds. The summed E-state index contributed by atoms with van der Waals surface area (Å²) in [5.41, 5.74) is 0.921. The Morgan fingerprint density at radius 1 is 1.20 bits per heavy atom. The van der Waals surface area contributed by atoms with Gasteiger partial charge >= 0.3 is 0 Å². The third-order valence-corrected chi connectivity index (χ3v) is 5.66. The van der Waals surface area contributed by atoms with Gasteiger partial charge in [0.1, 0.15) is 12.3 Å². The molecule has 0 bridgehead atoms. The van der Waals surface area contributed by atoms with Crippen LogP contribution in [0.4, 0.5) is 8.78 Å². The molecule has 5 atom stereocenters. The minimum absolute atomic E-state index is 0.0229. The van der Waals surface area contributed by atoms with Crippen LogP contribution < -0.4 is 0 Å². The minimum atomic E-state index is -1.03. The van der Waals surface area contributed by atoms with E-state index in [1.807, 2.05) is 13.8 Å². The van der Waals surface area contributed by atoms with Gasteiger partial charge in [-0.25, -0.2) is 8.78 Å². The van der Waals surface area contributed by atoms with Crippen LogP contribution in [-0.2, 0) is 4.74 Å². The van der Waals surface area contributed by atoms with E-state index in [-0.39, 0.29) is 17.8 Å². The Bertz CT molecular complexity index is 373. The number of halogens is 2. The van der Waals surface area contributed by atoms with Crippen molar-refractivity contribution in [3.8, 4) is 0 Å². The first-order valence-corrected chi connectivity index (χ1v) is 8.23. The Morgan fingerprint density at radius 3 is 2.50 bits per heavy atom. The maximum atomic E-state index is 14.7. The van der Waals surface area contributed by atoms with Crippen molar-refractivity contribution in [2.45, 2.75) is 64.4 Å². The van der Waals surface area contributed by atoms with Gasteiger partial charge in [0.05, 0.1) is 6.10 Å². The lowest BCUT2D eigenvalue weighted by molar-refractivity contribution is 0.0272. The number of rotatable bonds is 3. The molecule has 3 heteroatoms. The summed E-state index contributed by atoms with van der Waals surface area (Å²) >= 11 is 0. The molecule has 2 saturated carbocycles. The molecule has 3 aliphatic rings. The number of fused-ring (bicyclic) bond motifs is 1. The zero-order valence-corrected chi connectivity index (χ0v) is 12.5. The predicted molar refractivity (Wildman–Crippen MR) is 76.0 cm³/mol. The van der Waals surface area contributed by atoms with Gasteiger partial charge in [-0.1, -0.05) is 13.0 Å². The van der Waals surface area contributed by atoms with Crippen molar-refractivity contribution >= 4 is 0 Å². The molecule has 0 heterocycles. The molecule has 0 aromatic carbocycles. The van der Waals surface area contributed by atoms with Gasteiger partial charge in [0.15, 0.2) is 0 Å². The smallest absolute Gasteiger partial charge is 0.128 e. The van der Waals surface area contributed by atoms with E-state index in [0.29, 0.717) is 12.0 Å². The minimum Gasteiger partial charge on any atom is -0.379 e. The zero-order valence-electron chi connectivity index (χ0n) is 12.5. The first-order chi connectivity index (χ1) is 9.61. The van der Waals surface area contributed by atoms with Crippen LogP contribution in [0.15, 0.2) is 11.6 Å².